The van der Waals surface area contributed by atoms with E-state index in [-0.39, 0.29) is 24.4 Å². The van der Waals surface area contributed by atoms with Crippen LogP contribution in [-0.2, 0) is 16.0 Å². The van der Waals surface area contributed by atoms with E-state index in [4.69, 9.17) is 4.74 Å². The normalized spacial score (nSPS) is 15.8. The molecule has 0 fully saturated rings. The minimum Gasteiger partial charge on any atom is -0.497 e. The van der Waals surface area contributed by atoms with Crippen LogP contribution in [0.5, 0.6) is 5.75 Å². The molecule has 2 heterocycles. The quantitative estimate of drug-likeness (QED) is 0.709. The molecule has 0 spiro atoms. The van der Waals surface area contributed by atoms with Gasteiger partial charge in [-0.2, -0.15) is 0 Å². The Bertz CT molecular complexity index is 815. The van der Waals surface area contributed by atoms with Crippen molar-refractivity contribution in [2.75, 3.05) is 26.7 Å². The van der Waals surface area contributed by atoms with Crippen LogP contribution in [0.2, 0.25) is 0 Å². The van der Waals surface area contributed by atoms with E-state index in [0.29, 0.717) is 13.1 Å². The van der Waals surface area contributed by atoms with Crippen LogP contribution in [0.1, 0.15) is 48.7 Å². The number of hydrogen-bond acceptors (Lipinski definition) is 4. The Morgan fingerprint density at radius 3 is 2.64 bits per heavy atom. The van der Waals surface area contributed by atoms with E-state index in [9.17, 15) is 9.59 Å². The van der Waals surface area contributed by atoms with Gasteiger partial charge in [0, 0.05) is 24.9 Å². The number of fused-ring (bicyclic) bond motifs is 1. The second kappa shape index (κ2) is 9.24. The molecule has 3 rings (SSSR count). The number of methoxy groups -OCH3 is 1. The number of carbonyl (C=O) groups excluding carboxylic acids is 2. The predicted octanol–water partition coefficient (Wildman–Crippen LogP) is 3.88. The largest absolute Gasteiger partial charge is 0.497 e. The van der Waals surface area contributed by atoms with Crippen molar-refractivity contribution in [1.82, 2.24) is 9.80 Å². The van der Waals surface area contributed by atoms with Crippen molar-refractivity contribution >= 4 is 23.2 Å². The highest BCUT2D eigenvalue weighted by Crippen LogP contribution is 2.38. The summed E-state index contributed by atoms with van der Waals surface area (Å²) in [6.45, 7) is 5.06. The van der Waals surface area contributed by atoms with Crippen LogP contribution < -0.4 is 4.74 Å². The molecular formula is C22H28N2O3S. The Labute approximate surface area is 170 Å². The highest BCUT2D eigenvalue weighted by Gasteiger charge is 2.33. The van der Waals surface area contributed by atoms with Gasteiger partial charge in [-0.05, 0) is 47.5 Å². The standard InChI is InChI=1S/C22H28N2O3S/c1-4-5-12-23(16(2)25)15-21(26)24-13-10-20-19(11-14-28-20)22(24)17-6-8-18(27-3)9-7-17/h6-9,11,14,22H,4-5,10,12-13,15H2,1-3H3/t22-/m1/s1. The van der Waals surface area contributed by atoms with E-state index in [2.05, 4.69) is 18.4 Å². The molecule has 28 heavy (non-hydrogen) atoms. The summed E-state index contributed by atoms with van der Waals surface area (Å²) < 4.78 is 5.28. The lowest BCUT2D eigenvalue weighted by molar-refractivity contribution is -0.140. The van der Waals surface area contributed by atoms with Crippen molar-refractivity contribution in [3.63, 3.8) is 0 Å². The number of carbonyl (C=O) groups is 2. The lowest BCUT2D eigenvalue weighted by Crippen LogP contribution is -2.46. The van der Waals surface area contributed by atoms with E-state index in [1.165, 1.54) is 17.4 Å². The average molecular weight is 401 g/mol. The molecule has 1 aromatic carbocycles. The molecule has 0 aliphatic carbocycles. The zero-order valence-electron chi connectivity index (χ0n) is 16.8. The van der Waals surface area contributed by atoms with Gasteiger partial charge in [-0.1, -0.05) is 25.5 Å². The van der Waals surface area contributed by atoms with E-state index in [0.717, 1.165) is 30.6 Å². The Balaban J connectivity index is 1.87. The van der Waals surface area contributed by atoms with Gasteiger partial charge in [0.1, 0.15) is 5.75 Å². The fourth-order valence-electron chi connectivity index (χ4n) is 3.68. The first-order valence-corrected chi connectivity index (χ1v) is 10.7. The molecule has 0 saturated heterocycles. The Morgan fingerprint density at radius 1 is 1.25 bits per heavy atom. The maximum absolute atomic E-state index is 13.2. The van der Waals surface area contributed by atoms with Crippen LogP contribution in [0.3, 0.4) is 0 Å². The zero-order valence-corrected chi connectivity index (χ0v) is 17.6. The number of thiophene rings is 1. The van der Waals surface area contributed by atoms with Crippen molar-refractivity contribution in [3.8, 4) is 5.75 Å². The molecule has 2 amide bonds. The first-order valence-electron chi connectivity index (χ1n) is 9.80. The molecular weight excluding hydrogens is 372 g/mol. The van der Waals surface area contributed by atoms with Gasteiger partial charge in [0.25, 0.3) is 0 Å². The molecule has 6 heteroatoms. The van der Waals surface area contributed by atoms with Gasteiger partial charge in [0.15, 0.2) is 0 Å². The summed E-state index contributed by atoms with van der Waals surface area (Å²) in [4.78, 5) is 30.1. The second-order valence-electron chi connectivity index (χ2n) is 7.11. The maximum Gasteiger partial charge on any atom is 0.242 e. The molecule has 1 aromatic heterocycles. The SMILES string of the molecule is CCCCN(CC(=O)N1CCc2sccc2[C@H]1c1ccc(OC)cc1)C(C)=O. The first-order chi connectivity index (χ1) is 13.5. The van der Waals surface area contributed by atoms with Gasteiger partial charge >= 0.3 is 0 Å². The molecule has 0 saturated carbocycles. The maximum atomic E-state index is 13.2. The third kappa shape index (κ3) is 4.38. The van der Waals surface area contributed by atoms with Crippen molar-refractivity contribution < 1.29 is 14.3 Å². The number of ether oxygens (including phenoxy) is 1. The van der Waals surface area contributed by atoms with Crippen LogP contribution in [-0.4, -0.2) is 48.4 Å². The van der Waals surface area contributed by atoms with Gasteiger partial charge in [-0.25, -0.2) is 0 Å². The molecule has 0 unspecified atom stereocenters. The molecule has 1 aliphatic rings. The summed E-state index contributed by atoms with van der Waals surface area (Å²) in [5, 5.41) is 2.10. The highest BCUT2D eigenvalue weighted by molar-refractivity contribution is 7.10. The number of amides is 2. The topological polar surface area (TPSA) is 49.9 Å². The van der Waals surface area contributed by atoms with E-state index in [1.807, 2.05) is 29.2 Å². The zero-order chi connectivity index (χ0) is 20.1. The summed E-state index contributed by atoms with van der Waals surface area (Å²) in [7, 11) is 1.65. The Kier molecular flexibility index (Phi) is 6.73. The van der Waals surface area contributed by atoms with Crippen molar-refractivity contribution in [2.45, 2.75) is 39.2 Å². The van der Waals surface area contributed by atoms with Crippen LogP contribution in [0, 0.1) is 0 Å². The molecule has 150 valence electrons. The van der Waals surface area contributed by atoms with Crippen LogP contribution in [0.15, 0.2) is 35.7 Å². The molecule has 0 N–H and O–H groups in total. The first kappa shape index (κ1) is 20.4. The van der Waals surface area contributed by atoms with E-state index >= 15 is 0 Å². The third-order valence-electron chi connectivity index (χ3n) is 5.27. The fraction of sp³-hybridized carbons (Fsp3) is 0.455. The summed E-state index contributed by atoms with van der Waals surface area (Å²) in [5.74, 6) is 0.755. The molecule has 0 bridgehead atoms. The summed E-state index contributed by atoms with van der Waals surface area (Å²) >= 11 is 1.75. The minimum absolute atomic E-state index is 0.00368. The minimum atomic E-state index is -0.117. The van der Waals surface area contributed by atoms with Gasteiger partial charge in [0.05, 0.1) is 19.7 Å². The third-order valence-corrected chi connectivity index (χ3v) is 6.27. The summed E-state index contributed by atoms with van der Waals surface area (Å²) in [5.41, 5.74) is 2.26. The number of unbranched alkanes of at least 4 members (excludes halogenated alkanes) is 1. The lowest BCUT2D eigenvalue weighted by Gasteiger charge is -2.37. The lowest BCUT2D eigenvalue weighted by atomic mass is 9.93. The van der Waals surface area contributed by atoms with Gasteiger partial charge in [0.2, 0.25) is 11.8 Å². The smallest absolute Gasteiger partial charge is 0.242 e. The average Bonchev–Trinajstić information content (AvgIpc) is 3.19. The fourth-order valence-corrected chi connectivity index (χ4v) is 4.59. The van der Waals surface area contributed by atoms with E-state index < -0.39 is 0 Å². The van der Waals surface area contributed by atoms with Crippen LogP contribution in [0.4, 0.5) is 0 Å². The van der Waals surface area contributed by atoms with Crippen molar-refractivity contribution in [2.24, 2.45) is 0 Å². The number of nitrogens with zero attached hydrogens (tertiary/aromatic N) is 2. The Hall–Kier alpha value is -2.34. The number of hydrogen-bond donors (Lipinski definition) is 0. The Morgan fingerprint density at radius 2 is 2.00 bits per heavy atom. The van der Waals surface area contributed by atoms with Gasteiger partial charge in [-0.15, -0.1) is 11.3 Å². The summed E-state index contributed by atoms with van der Waals surface area (Å²) in [6, 6.07) is 9.91. The van der Waals surface area contributed by atoms with Crippen molar-refractivity contribution in [1.29, 1.82) is 0 Å². The molecule has 2 aromatic rings. The van der Waals surface area contributed by atoms with Crippen LogP contribution in [0.25, 0.3) is 0 Å². The molecule has 5 nitrogen and oxygen atoms in total. The van der Waals surface area contributed by atoms with Gasteiger partial charge in [-0.3, -0.25) is 9.59 Å². The highest BCUT2D eigenvalue weighted by atomic mass is 32.1. The monoisotopic (exact) mass is 400 g/mol. The predicted molar refractivity (Wildman–Crippen MR) is 112 cm³/mol. The van der Waals surface area contributed by atoms with E-state index in [1.54, 1.807) is 23.3 Å². The molecule has 0 radical (unpaired) electrons. The number of rotatable bonds is 7. The second-order valence-corrected chi connectivity index (χ2v) is 8.11. The van der Waals surface area contributed by atoms with Crippen LogP contribution >= 0.6 is 11.3 Å². The number of benzene rings is 1. The molecule has 1 aliphatic heterocycles. The summed E-state index contributed by atoms with van der Waals surface area (Å²) in [6.07, 6.45) is 2.76. The van der Waals surface area contributed by atoms with Crippen molar-refractivity contribution in [3.05, 3.63) is 51.7 Å². The van der Waals surface area contributed by atoms with Gasteiger partial charge < -0.3 is 14.5 Å². The molecule has 1 atom stereocenters.